The smallest absolute Gasteiger partial charge is 0.141 e. The van der Waals surface area contributed by atoms with Gasteiger partial charge in [0.25, 0.3) is 0 Å². The molecule has 1 atom stereocenters. The fourth-order valence-electron chi connectivity index (χ4n) is 2.46. The van der Waals surface area contributed by atoms with Crippen molar-refractivity contribution >= 4 is 11.6 Å². The Bertz CT molecular complexity index is 439. The molecule has 0 bridgehead atoms. The van der Waals surface area contributed by atoms with Crippen LogP contribution in [0.1, 0.15) is 53.0 Å². The normalized spacial score (nSPS) is 15.2. The Morgan fingerprint density at radius 1 is 1.20 bits per heavy atom. The number of halogens is 2. The lowest BCUT2D eigenvalue weighted by Crippen LogP contribution is -2.43. The number of benzene rings is 1. The maximum absolute atomic E-state index is 13.2. The molecule has 0 aliphatic rings. The number of rotatable bonds is 6. The van der Waals surface area contributed by atoms with E-state index in [4.69, 9.17) is 11.6 Å². The molecule has 1 rings (SSSR count). The Hall–Kier alpha value is -0.600. The van der Waals surface area contributed by atoms with Crippen molar-refractivity contribution < 1.29 is 4.39 Å². The average Bonchev–Trinajstić information content (AvgIpc) is 2.31. The zero-order chi connectivity index (χ0) is 15.4. The van der Waals surface area contributed by atoms with E-state index in [9.17, 15) is 4.39 Å². The van der Waals surface area contributed by atoms with Gasteiger partial charge in [0.15, 0.2) is 0 Å². The molecule has 0 fully saturated rings. The molecular weight excluding hydrogens is 273 g/mol. The molecule has 0 aliphatic heterocycles. The molecule has 0 amide bonds. The molecule has 114 valence electrons. The summed E-state index contributed by atoms with van der Waals surface area (Å²) >= 11 is 5.88. The van der Waals surface area contributed by atoms with Gasteiger partial charge in [-0.25, -0.2) is 4.39 Å². The van der Waals surface area contributed by atoms with Crippen LogP contribution in [0.2, 0.25) is 5.02 Å². The molecule has 1 N–H and O–H groups in total. The Labute approximate surface area is 127 Å². The minimum atomic E-state index is -0.347. The van der Waals surface area contributed by atoms with Crippen LogP contribution in [0.4, 0.5) is 4.39 Å². The fourth-order valence-corrected chi connectivity index (χ4v) is 2.67. The van der Waals surface area contributed by atoms with Gasteiger partial charge in [0.1, 0.15) is 5.82 Å². The lowest BCUT2D eigenvalue weighted by Gasteiger charge is -2.34. The van der Waals surface area contributed by atoms with Crippen LogP contribution in [-0.4, -0.2) is 12.1 Å². The fraction of sp³-hybridized carbons (Fsp3) is 0.647. The highest BCUT2D eigenvalue weighted by Gasteiger charge is 2.26. The standard InChI is InChI=1S/C17H27ClFN/c1-6-9-17(5,12-20-16(2,3)4)11-13-7-8-15(19)14(18)10-13/h7-8,10,20H,6,9,11-12H2,1-5H3. The zero-order valence-electron chi connectivity index (χ0n) is 13.3. The summed E-state index contributed by atoms with van der Waals surface area (Å²) in [7, 11) is 0. The molecule has 1 nitrogen and oxygen atoms in total. The first-order valence-corrected chi connectivity index (χ1v) is 7.72. The van der Waals surface area contributed by atoms with Crippen LogP contribution in [0.3, 0.4) is 0 Å². The summed E-state index contributed by atoms with van der Waals surface area (Å²) in [5.74, 6) is -0.347. The number of nitrogens with one attached hydrogen (secondary N) is 1. The molecule has 0 radical (unpaired) electrons. The first-order chi connectivity index (χ1) is 9.15. The summed E-state index contributed by atoms with van der Waals surface area (Å²) in [6, 6.07) is 5.05. The van der Waals surface area contributed by atoms with E-state index < -0.39 is 0 Å². The van der Waals surface area contributed by atoms with E-state index in [0.29, 0.717) is 0 Å². The first kappa shape index (κ1) is 17.5. The molecule has 0 heterocycles. The summed E-state index contributed by atoms with van der Waals surface area (Å²) in [5, 5.41) is 3.80. The van der Waals surface area contributed by atoms with Crippen LogP contribution in [0.15, 0.2) is 18.2 Å². The topological polar surface area (TPSA) is 12.0 Å². The molecule has 0 saturated carbocycles. The van der Waals surface area contributed by atoms with E-state index >= 15 is 0 Å². The van der Waals surface area contributed by atoms with Gasteiger partial charge in [-0.3, -0.25) is 0 Å². The molecule has 20 heavy (non-hydrogen) atoms. The number of hydrogen-bond acceptors (Lipinski definition) is 1. The van der Waals surface area contributed by atoms with Crippen LogP contribution in [0.5, 0.6) is 0 Å². The maximum atomic E-state index is 13.2. The Morgan fingerprint density at radius 2 is 1.85 bits per heavy atom. The Balaban J connectivity index is 2.81. The summed E-state index contributed by atoms with van der Waals surface area (Å²) in [5.41, 5.74) is 1.36. The van der Waals surface area contributed by atoms with Crippen LogP contribution < -0.4 is 5.32 Å². The highest BCUT2D eigenvalue weighted by Crippen LogP contribution is 2.29. The third kappa shape index (κ3) is 5.80. The number of hydrogen-bond donors (Lipinski definition) is 1. The molecule has 0 spiro atoms. The summed E-state index contributed by atoms with van der Waals surface area (Å²) in [4.78, 5) is 0. The van der Waals surface area contributed by atoms with E-state index in [1.807, 2.05) is 6.07 Å². The summed E-state index contributed by atoms with van der Waals surface area (Å²) in [6.45, 7) is 12.0. The lowest BCUT2D eigenvalue weighted by atomic mass is 9.79. The molecule has 0 aromatic heterocycles. The highest BCUT2D eigenvalue weighted by atomic mass is 35.5. The second kappa shape index (κ2) is 6.91. The lowest BCUT2D eigenvalue weighted by molar-refractivity contribution is 0.243. The van der Waals surface area contributed by atoms with E-state index in [-0.39, 0.29) is 21.8 Å². The van der Waals surface area contributed by atoms with Gasteiger partial charge in [0.2, 0.25) is 0 Å². The van der Waals surface area contributed by atoms with Gasteiger partial charge in [-0.05, 0) is 56.7 Å². The van der Waals surface area contributed by atoms with Crippen LogP contribution in [0, 0.1) is 11.2 Å². The summed E-state index contributed by atoms with van der Waals surface area (Å²) < 4.78 is 13.2. The Kier molecular flexibility index (Phi) is 6.03. The van der Waals surface area contributed by atoms with E-state index in [2.05, 4.69) is 39.9 Å². The third-order valence-corrected chi connectivity index (χ3v) is 3.80. The quantitative estimate of drug-likeness (QED) is 0.759. The van der Waals surface area contributed by atoms with Crippen molar-refractivity contribution in [3.8, 4) is 0 Å². The predicted octanol–water partition coefficient (Wildman–Crippen LogP) is 5.22. The van der Waals surface area contributed by atoms with Gasteiger partial charge in [-0.2, -0.15) is 0 Å². The average molecular weight is 300 g/mol. The van der Waals surface area contributed by atoms with Gasteiger partial charge in [-0.15, -0.1) is 0 Å². The minimum Gasteiger partial charge on any atom is -0.312 e. The van der Waals surface area contributed by atoms with Gasteiger partial charge >= 0.3 is 0 Å². The summed E-state index contributed by atoms with van der Waals surface area (Å²) in [6.07, 6.45) is 3.17. The molecular formula is C17H27ClFN. The third-order valence-electron chi connectivity index (χ3n) is 3.51. The van der Waals surface area contributed by atoms with E-state index in [0.717, 1.165) is 31.4 Å². The maximum Gasteiger partial charge on any atom is 0.141 e. The van der Waals surface area contributed by atoms with Crippen molar-refractivity contribution in [2.45, 2.75) is 59.4 Å². The van der Waals surface area contributed by atoms with Crippen molar-refractivity contribution in [3.05, 3.63) is 34.6 Å². The molecule has 0 saturated heterocycles. The van der Waals surface area contributed by atoms with Crippen molar-refractivity contribution in [1.29, 1.82) is 0 Å². The van der Waals surface area contributed by atoms with Crippen LogP contribution in [-0.2, 0) is 6.42 Å². The Morgan fingerprint density at radius 3 is 2.35 bits per heavy atom. The van der Waals surface area contributed by atoms with Crippen molar-refractivity contribution in [3.63, 3.8) is 0 Å². The second-order valence-corrected chi connectivity index (χ2v) is 7.50. The first-order valence-electron chi connectivity index (χ1n) is 7.34. The minimum absolute atomic E-state index is 0.107. The predicted molar refractivity (Wildman–Crippen MR) is 85.9 cm³/mol. The largest absolute Gasteiger partial charge is 0.312 e. The molecule has 1 aromatic carbocycles. The molecule has 0 aliphatic carbocycles. The monoisotopic (exact) mass is 299 g/mol. The molecule has 1 aromatic rings. The molecule has 3 heteroatoms. The molecule has 1 unspecified atom stereocenters. The highest BCUT2D eigenvalue weighted by molar-refractivity contribution is 6.30. The van der Waals surface area contributed by atoms with Gasteiger partial charge in [-0.1, -0.05) is 37.9 Å². The van der Waals surface area contributed by atoms with Crippen LogP contribution in [0.25, 0.3) is 0 Å². The van der Waals surface area contributed by atoms with Gasteiger partial charge in [0.05, 0.1) is 5.02 Å². The van der Waals surface area contributed by atoms with Crippen molar-refractivity contribution in [2.24, 2.45) is 5.41 Å². The van der Waals surface area contributed by atoms with Gasteiger partial charge < -0.3 is 5.32 Å². The van der Waals surface area contributed by atoms with E-state index in [1.54, 1.807) is 6.07 Å². The van der Waals surface area contributed by atoms with Crippen molar-refractivity contribution in [2.75, 3.05) is 6.54 Å². The van der Waals surface area contributed by atoms with Crippen molar-refractivity contribution in [1.82, 2.24) is 5.32 Å². The van der Waals surface area contributed by atoms with Gasteiger partial charge in [0, 0.05) is 12.1 Å². The van der Waals surface area contributed by atoms with E-state index in [1.165, 1.54) is 6.07 Å². The second-order valence-electron chi connectivity index (χ2n) is 7.09. The SMILES string of the molecule is CCCC(C)(CNC(C)(C)C)Cc1ccc(F)c(Cl)c1. The van der Waals surface area contributed by atoms with Crippen LogP contribution >= 0.6 is 11.6 Å². The zero-order valence-corrected chi connectivity index (χ0v) is 14.1.